The minimum atomic E-state index is 0.216. The van der Waals surface area contributed by atoms with Crippen molar-refractivity contribution in [1.29, 1.82) is 0 Å². The zero-order valence-electron chi connectivity index (χ0n) is 16.8. The first kappa shape index (κ1) is 18.9. The van der Waals surface area contributed by atoms with Gasteiger partial charge in [-0.2, -0.15) is 0 Å². The summed E-state index contributed by atoms with van der Waals surface area (Å²) >= 11 is 0. The fourth-order valence-electron chi connectivity index (χ4n) is 4.84. The maximum Gasteiger partial charge on any atom is 0.224 e. The predicted molar refractivity (Wildman–Crippen MR) is 110 cm³/mol. The molecule has 0 aromatic heterocycles. The van der Waals surface area contributed by atoms with Crippen LogP contribution in [0.2, 0.25) is 0 Å². The van der Waals surface area contributed by atoms with E-state index in [1.165, 1.54) is 62.9 Å². The van der Waals surface area contributed by atoms with E-state index < -0.39 is 0 Å². The number of rotatable bonds is 6. The van der Waals surface area contributed by atoms with E-state index in [-0.39, 0.29) is 5.92 Å². The second-order valence-electron chi connectivity index (χ2n) is 8.75. The Morgan fingerprint density at radius 3 is 2.48 bits per heavy atom. The Bertz CT molecular complexity index is 634. The Morgan fingerprint density at radius 2 is 1.78 bits per heavy atom. The largest absolute Gasteiger partial charge is 0.353 e. The van der Waals surface area contributed by atoms with Crippen molar-refractivity contribution in [1.82, 2.24) is 15.1 Å². The summed E-state index contributed by atoms with van der Waals surface area (Å²) in [4.78, 5) is 17.7. The highest BCUT2D eigenvalue weighted by atomic mass is 16.2. The maximum absolute atomic E-state index is 12.4. The number of aryl methyl sites for hydroxylation is 1. The fourth-order valence-corrected chi connectivity index (χ4v) is 4.84. The van der Waals surface area contributed by atoms with Crippen LogP contribution in [0.1, 0.15) is 56.6 Å². The Hall–Kier alpha value is -1.39. The van der Waals surface area contributed by atoms with Crippen LogP contribution >= 0.6 is 0 Å². The number of piperidine rings is 2. The van der Waals surface area contributed by atoms with Gasteiger partial charge >= 0.3 is 0 Å². The van der Waals surface area contributed by atoms with Crippen molar-refractivity contribution in [2.75, 3.05) is 26.2 Å². The molecule has 27 heavy (non-hydrogen) atoms. The van der Waals surface area contributed by atoms with Crippen molar-refractivity contribution in [2.24, 2.45) is 5.92 Å². The molecule has 0 radical (unpaired) electrons. The normalized spacial score (nSPS) is 25.4. The van der Waals surface area contributed by atoms with Gasteiger partial charge in [0.2, 0.25) is 5.91 Å². The molecule has 1 saturated carbocycles. The molecule has 1 amide bonds. The molecule has 0 spiro atoms. The van der Waals surface area contributed by atoms with E-state index in [4.69, 9.17) is 0 Å². The number of carbonyl (C=O) groups is 1. The Kier molecular flexibility index (Phi) is 6.14. The fraction of sp³-hybridized carbons (Fsp3) is 0.696. The SMILES string of the molecule is CCc1ccccc1CN1CCC(N2CCCC(C(=O)NC3CC3)C2)CC1. The van der Waals surface area contributed by atoms with Crippen LogP contribution in [0.4, 0.5) is 0 Å². The predicted octanol–water partition coefficient (Wildman–Crippen LogP) is 3.20. The number of nitrogens with one attached hydrogen (secondary N) is 1. The van der Waals surface area contributed by atoms with Gasteiger partial charge in [0.1, 0.15) is 0 Å². The standard InChI is InChI=1S/C23H35N3O/c1-2-18-6-3-4-7-19(18)16-25-14-11-22(12-15-25)26-13-5-8-20(17-26)23(27)24-21-9-10-21/h3-4,6-7,20-22H,2,5,8-17H2,1H3,(H,24,27). The molecule has 148 valence electrons. The van der Waals surface area contributed by atoms with Crippen molar-refractivity contribution >= 4 is 5.91 Å². The van der Waals surface area contributed by atoms with Crippen molar-refractivity contribution in [3.63, 3.8) is 0 Å². The molecule has 1 unspecified atom stereocenters. The van der Waals surface area contributed by atoms with Gasteiger partial charge in [0.05, 0.1) is 5.92 Å². The number of carbonyl (C=O) groups excluding carboxylic acids is 1. The van der Waals surface area contributed by atoms with E-state index in [0.29, 0.717) is 18.0 Å². The molecule has 2 aliphatic heterocycles. The van der Waals surface area contributed by atoms with Gasteiger partial charge in [-0.15, -0.1) is 0 Å². The molecule has 2 heterocycles. The molecule has 1 aromatic rings. The molecule has 1 aromatic carbocycles. The summed E-state index contributed by atoms with van der Waals surface area (Å²) < 4.78 is 0. The lowest BCUT2D eigenvalue weighted by Crippen LogP contribution is -2.50. The maximum atomic E-state index is 12.4. The molecular formula is C23H35N3O. The van der Waals surface area contributed by atoms with Crippen LogP contribution in [0.3, 0.4) is 0 Å². The van der Waals surface area contributed by atoms with Crippen LogP contribution < -0.4 is 5.32 Å². The van der Waals surface area contributed by atoms with E-state index in [9.17, 15) is 4.79 Å². The van der Waals surface area contributed by atoms with Gasteiger partial charge < -0.3 is 5.32 Å². The molecule has 3 fully saturated rings. The van der Waals surface area contributed by atoms with Crippen molar-refractivity contribution in [3.05, 3.63) is 35.4 Å². The highest BCUT2D eigenvalue weighted by molar-refractivity contribution is 5.79. The monoisotopic (exact) mass is 369 g/mol. The molecule has 2 saturated heterocycles. The Morgan fingerprint density at radius 1 is 1.04 bits per heavy atom. The van der Waals surface area contributed by atoms with Gasteiger partial charge in [-0.3, -0.25) is 14.6 Å². The van der Waals surface area contributed by atoms with E-state index in [2.05, 4.69) is 46.3 Å². The smallest absolute Gasteiger partial charge is 0.224 e. The Balaban J connectivity index is 1.26. The number of amides is 1. The third kappa shape index (κ3) is 4.91. The number of nitrogens with zero attached hydrogens (tertiary/aromatic N) is 2. The number of benzene rings is 1. The average molecular weight is 370 g/mol. The van der Waals surface area contributed by atoms with Crippen molar-refractivity contribution < 1.29 is 4.79 Å². The Labute approximate surface area is 164 Å². The van der Waals surface area contributed by atoms with Crippen LogP contribution in [0.5, 0.6) is 0 Å². The average Bonchev–Trinajstić information content (AvgIpc) is 3.53. The number of hydrogen-bond acceptors (Lipinski definition) is 3. The lowest BCUT2D eigenvalue weighted by atomic mass is 9.93. The number of hydrogen-bond donors (Lipinski definition) is 1. The second kappa shape index (κ2) is 8.74. The van der Waals surface area contributed by atoms with E-state index in [1.807, 2.05) is 0 Å². The van der Waals surface area contributed by atoms with Gasteiger partial charge in [-0.1, -0.05) is 31.2 Å². The summed E-state index contributed by atoms with van der Waals surface area (Å²) in [5.74, 6) is 0.532. The topological polar surface area (TPSA) is 35.6 Å². The first-order chi connectivity index (χ1) is 13.2. The zero-order chi connectivity index (χ0) is 18.6. The van der Waals surface area contributed by atoms with Gasteiger partial charge in [0, 0.05) is 25.2 Å². The van der Waals surface area contributed by atoms with Gasteiger partial charge in [0.25, 0.3) is 0 Å². The summed E-state index contributed by atoms with van der Waals surface area (Å²) in [7, 11) is 0. The molecule has 1 atom stereocenters. The molecule has 0 bridgehead atoms. The molecule has 1 N–H and O–H groups in total. The lowest BCUT2D eigenvalue weighted by Gasteiger charge is -2.42. The summed E-state index contributed by atoms with van der Waals surface area (Å²) in [5, 5.41) is 3.22. The van der Waals surface area contributed by atoms with Crippen LogP contribution in [-0.2, 0) is 17.8 Å². The summed E-state index contributed by atoms with van der Waals surface area (Å²) in [5.41, 5.74) is 2.98. The van der Waals surface area contributed by atoms with E-state index >= 15 is 0 Å². The van der Waals surface area contributed by atoms with Crippen molar-refractivity contribution in [2.45, 2.75) is 70.5 Å². The second-order valence-corrected chi connectivity index (χ2v) is 8.75. The van der Waals surface area contributed by atoms with Gasteiger partial charge in [0.15, 0.2) is 0 Å². The number of likely N-dealkylation sites (tertiary alicyclic amines) is 2. The third-order valence-corrected chi connectivity index (χ3v) is 6.71. The summed E-state index contributed by atoms with van der Waals surface area (Å²) in [6.07, 6.45) is 8.21. The molecule has 4 nitrogen and oxygen atoms in total. The first-order valence-corrected chi connectivity index (χ1v) is 11.1. The highest BCUT2D eigenvalue weighted by Gasteiger charge is 2.33. The minimum Gasteiger partial charge on any atom is -0.353 e. The highest BCUT2D eigenvalue weighted by Crippen LogP contribution is 2.26. The zero-order valence-corrected chi connectivity index (χ0v) is 16.8. The van der Waals surface area contributed by atoms with Crippen LogP contribution in [0, 0.1) is 5.92 Å². The summed E-state index contributed by atoms with van der Waals surface area (Å²) in [6.45, 7) is 7.84. The van der Waals surface area contributed by atoms with Gasteiger partial charge in [-0.05, 0) is 75.7 Å². The van der Waals surface area contributed by atoms with Crippen LogP contribution in [0.25, 0.3) is 0 Å². The molecule has 4 rings (SSSR count). The summed E-state index contributed by atoms with van der Waals surface area (Å²) in [6, 6.07) is 10.0. The first-order valence-electron chi connectivity index (χ1n) is 11.1. The lowest BCUT2D eigenvalue weighted by molar-refractivity contribution is -0.127. The van der Waals surface area contributed by atoms with E-state index in [1.54, 1.807) is 0 Å². The van der Waals surface area contributed by atoms with E-state index in [0.717, 1.165) is 25.9 Å². The third-order valence-electron chi connectivity index (χ3n) is 6.71. The van der Waals surface area contributed by atoms with Gasteiger partial charge in [-0.25, -0.2) is 0 Å². The molecule has 3 aliphatic rings. The minimum absolute atomic E-state index is 0.216. The van der Waals surface area contributed by atoms with Crippen LogP contribution in [0.15, 0.2) is 24.3 Å². The quantitative estimate of drug-likeness (QED) is 0.836. The molecule has 1 aliphatic carbocycles. The van der Waals surface area contributed by atoms with Crippen molar-refractivity contribution in [3.8, 4) is 0 Å². The van der Waals surface area contributed by atoms with Crippen LogP contribution in [-0.4, -0.2) is 54.0 Å². The molecular weight excluding hydrogens is 334 g/mol. The molecule has 4 heteroatoms.